The van der Waals surface area contributed by atoms with Gasteiger partial charge in [-0.3, -0.25) is 11.3 Å². The molecule has 1 unspecified atom stereocenters. The highest BCUT2D eigenvalue weighted by Crippen LogP contribution is 2.28. The van der Waals surface area contributed by atoms with Crippen LogP contribution in [0.15, 0.2) is 42.5 Å². The fraction of sp³-hybridized carbons (Fsp3) is 0.250. The molecule has 0 aliphatic heterocycles. The molecule has 2 aromatic rings. The second-order valence-electron chi connectivity index (χ2n) is 4.74. The average molecular weight is 309 g/mol. The van der Waals surface area contributed by atoms with Gasteiger partial charge in [0.15, 0.2) is 0 Å². The summed E-state index contributed by atoms with van der Waals surface area (Å²) in [5.74, 6) is 6.02. The van der Waals surface area contributed by atoms with E-state index in [4.69, 9.17) is 22.2 Å². The van der Waals surface area contributed by atoms with Crippen molar-refractivity contribution in [3.63, 3.8) is 0 Å². The first-order valence-electron chi connectivity index (χ1n) is 6.68. The van der Waals surface area contributed by atoms with Crippen LogP contribution in [0.1, 0.15) is 23.6 Å². The number of methoxy groups -OCH3 is 1. The molecule has 0 aliphatic carbocycles. The summed E-state index contributed by atoms with van der Waals surface area (Å²) in [4.78, 5) is 0. The molecule has 0 saturated heterocycles. The Morgan fingerprint density at radius 1 is 1.24 bits per heavy atom. The molecular formula is C16H18ClFN2O. The van der Waals surface area contributed by atoms with Crippen molar-refractivity contribution in [1.82, 2.24) is 5.43 Å². The number of rotatable bonds is 6. The van der Waals surface area contributed by atoms with Gasteiger partial charge in [-0.1, -0.05) is 29.8 Å². The van der Waals surface area contributed by atoms with Crippen LogP contribution < -0.4 is 16.0 Å². The SMILES string of the molecule is COc1ccc(CCC(NN)c2c(F)cccc2Cl)cc1. The van der Waals surface area contributed by atoms with Crippen LogP contribution in [0, 0.1) is 5.82 Å². The number of benzene rings is 2. The third kappa shape index (κ3) is 3.94. The molecule has 0 aromatic heterocycles. The van der Waals surface area contributed by atoms with Crippen LogP contribution in [0.4, 0.5) is 4.39 Å². The maximum absolute atomic E-state index is 13.9. The lowest BCUT2D eigenvalue weighted by molar-refractivity contribution is 0.414. The van der Waals surface area contributed by atoms with E-state index >= 15 is 0 Å². The number of hydrogen-bond acceptors (Lipinski definition) is 3. The van der Waals surface area contributed by atoms with Crippen LogP contribution in [0.5, 0.6) is 5.75 Å². The molecule has 0 aliphatic rings. The number of nitrogens with one attached hydrogen (secondary N) is 1. The summed E-state index contributed by atoms with van der Waals surface area (Å²) in [6.45, 7) is 0. The van der Waals surface area contributed by atoms with Crippen molar-refractivity contribution in [2.45, 2.75) is 18.9 Å². The highest BCUT2D eigenvalue weighted by molar-refractivity contribution is 6.31. The normalized spacial score (nSPS) is 12.2. The summed E-state index contributed by atoms with van der Waals surface area (Å²) in [6, 6.07) is 12.1. The molecular weight excluding hydrogens is 291 g/mol. The minimum Gasteiger partial charge on any atom is -0.497 e. The van der Waals surface area contributed by atoms with Gasteiger partial charge in [0.25, 0.3) is 0 Å². The van der Waals surface area contributed by atoms with Crippen LogP contribution in [0.3, 0.4) is 0 Å². The summed E-state index contributed by atoms with van der Waals surface area (Å²) in [5, 5.41) is 0.382. The van der Waals surface area contributed by atoms with Gasteiger partial charge in [0.05, 0.1) is 13.2 Å². The molecule has 2 rings (SSSR count). The Bertz CT molecular complexity index is 569. The van der Waals surface area contributed by atoms with Crippen LogP contribution in [0.25, 0.3) is 0 Å². The second-order valence-corrected chi connectivity index (χ2v) is 5.15. The lowest BCUT2D eigenvalue weighted by Gasteiger charge is -2.18. The predicted molar refractivity (Wildman–Crippen MR) is 82.8 cm³/mol. The molecule has 21 heavy (non-hydrogen) atoms. The van der Waals surface area contributed by atoms with Crippen molar-refractivity contribution < 1.29 is 9.13 Å². The maximum atomic E-state index is 13.9. The second kappa shape index (κ2) is 7.41. The first kappa shape index (κ1) is 15.8. The Labute approximate surface area is 128 Å². The van der Waals surface area contributed by atoms with Crippen molar-refractivity contribution in [3.8, 4) is 5.75 Å². The first-order valence-corrected chi connectivity index (χ1v) is 7.06. The van der Waals surface area contributed by atoms with E-state index in [2.05, 4.69) is 5.43 Å². The van der Waals surface area contributed by atoms with Crippen LogP contribution in [-0.2, 0) is 6.42 Å². The zero-order valence-corrected chi connectivity index (χ0v) is 12.5. The van der Waals surface area contributed by atoms with Crippen molar-refractivity contribution in [2.75, 3.05) is 7.11 Å². The van der Waals surface area contributed by atoms with Gasteiger partial charge in [0.1, 0.15) is 11.6 Å². The summed E-state index contributed by atoms with van der Waals surface area (Å²) in [6.07, 6.45) is 1.40. The number of hydrogen-bond donors (Lipinski definition) is 2. The number of nitrogens with two attached hydrogens (primary N) is 1. The van der Waals surface area contributed by atoms with Gasteiger partial charge < -0.3 is 4.74 Å². The predicted octanol–water partition coefficient (Wildman–Crippen LogP) is 3.62. The standard InChI is InChI=1S/C16H18ClFN2O/c1-21-12-8-5-11(6-9-12)7-10-15(20-19)16-13(17)3-2-4-14(16)18/h2-6,8-9,15,20H,7,10,19H2,1H3. The van der Waals surface area contributed by atoms with E-state index in [-0.39, 0.29) is 11.9 Å². The molecule has 0 saturated carbocycles. The van der Waals surface area contributed by atoms with Gasteiger partial charge in [-0.25, -0.2) is 4.39 Å². The molecule has 0 amide bonds. The number of halogens is 2. The zero-order valence-electron chi connectivity index (χ0n) is 11.8. The van der Waals surface area contributed by atoms with E-state index < -0.39 is 0 Å². The fourth-order valence-electron chi connectivity index (χ4n) is 2.26. The number of hydrazine groups is 1. The lowest BCUT2D eigenvalue weighted by Crippen LogP contribution is -2.29. The Balaban J connectivity index is 2.08. The Morgan fingerprint density at radius 3 is 2.52 bits per heavy atom. The zero-order chi connectivity index (χ0) is 15.2. The monoisotopic (exact) mass is 308 g/mol. The summed E-state index contributed by atoms with van der Waals surface area (Å²) < 4.78 is 19.0. The van der Waals surface area contributed by atoms with Crippen molar-refractivity contribution in [2.24, 2.45) is 5.84 Å². The molecule has 1 atom stereocenters. The Kier molecular flexibility index (Phi) is 5.56. The van der Waals surface area contributed by atoms with Crippen molar-refractivity contribution in [1.29, 1.82) is 0 Å². The molecule has 5 heteroatoms. The van der Waals surface area contributed by atoms with E-state index in [1.54, 1.807) is 19.2 Å². The fourth-order valence-corrected chi connectivity index (χ4v) is 2.55. The molecule has 2 aromatic carbocycles. The molecule has 3 N–H and O–H groups in total. The minimum absolute atomic E-state index is 0.333. The molecule has 0 heterocycles. The number of ether oxygens (including phenoxy) is 1. The third-order valence-corrected chi connectivity index (χ3v) is 3.76. The average Bonchev–Trinajstić information content (AvgIpc) is 2.50. The van der Waals surface area contributed by atoms with Crippen LogP contribution in [0.2, 0.25) is 5.02 Å². The molecule has 112 valence electrons. The molecule has 0 bridgehead atoms. The van der Waals surface area contributed by atoms with Crippen molar-refractivity contribution >= 4 is 11.6 Å². The van der Waals surface area contributed by atoms with E-state index in [9.17, 15) is 4.39 Å². The van der Waals surface area contributed by atoms with Gasteiger partial charge in [-0.2, -0.15) is 0 Å². The van der Waals surface area contributed by atoms with Gasteiger partial charge in [0.2, 0.25) is 0 Å². The van der Waals surface area contributed by atoms with E-state index in [0.29, 0.717) is 17.0 Å². The lowest BCUT2D eigenvalue weighted by atomic mass is 9.99. The Hall–Kier alpha value is -1.62. The van der Waals surface area contributed by atoms with Crippen LogP contribution in [-0.4, -0.2) is 7.11 Å². The first-order chi connectivity index (χ1) is 10.2. The van der Waals surface area contributed by atoms with E-state index in [1.165, 1.54) is 6.07 Å². The molecule has 0 spiro atoms. The largest absolute Gasteiger partial charge is 0.497 e. The minimum atomic E-state index is -0.347. The van der Waals surface area contributed by atoms with Crippen LogP contribution >= 0.6 is 11.6 Å². The highest BCUT2D eigenvalue weighted by atomic mass is 35.5. The van der Waals surface area contributed by atoms with Crippen molar-refractivity contribution in [3.05, 3.63) is 64.4 Å². The summed E-state index contributed by atoms with van der Waals surface area (Å²) in [7, 11) is 1.63. The maximum Gasteiger partial charge on any atom is 0.129 e. The van der Waals surface area contributed by atoms with Gasteiger partial charge >= 0.3 is 0 Å². The van der Waals surface area contributed by atoms with E-state index in [1.807, 2.05) is 24.3 Å². The van der Waals surface area contributed by atoms with Gasteiger partial charge in [0, 0.05) is 10.6 Å². The third-order valence-electron chi connectivity index (χ3n) is 3.43. The summed E-state index contributed by atoms with van der Waals surface area (Å²) in [5.41, 5.74) is 4.18. The quantitative estimate of drug-likeness (QED) is 0.633. The smallest absolute Gasteiger partial charge is 0.129 e. The van der Waals surface area contributed by atoms with Gasteiger partial charge in [-0.15, -0.1) is 0 Å². The molecule has 0 fully saturated rings. The van der Waals surface area contributed by atoms with Gasteiger partial charge in [-0.05, 0) is 42.7 Å². The van der Waals surface area contributed by atoms with E-state index in [0.717, 1.165) is 17.7 Å². The molecule has 3 nitrogen and oxygen atoms in total. The Morgan fingerprint density at radius 2 is 1.95 bits per heavy atom. The number of aryl methyl sites for hydroxylation is 1. The summed E-state index contributed by atoms with van der Waals surface area (Å²) >= 11 is 6.07. The molecule has 0 radical (unpaired) electrons. The topological polar surface area (TPSA) is 47.3 Å². The highest BCUT2D eigenvalue weighted by Gasteiger charge is 2.17.